The van der Waals surface area contributed by atoms with E-state index in [1.165, 1.54) is 13.0 Å². The molecule has 1 aliphatic carbocycles. The van der Waals surface area contributed by atoms with Gasteiger partial charge in [-0.05, 0) is 31.6 Å². The van der Waals surface area contributed by atoms with Crippen LogP contribution in [0, 0.1) is 11.8 Å². The highest BCUT2D eigenvalue weighted by atomic mass is 15.3. The fraction of sp³-hybridized carbons (Fsp3) is 1.00. The molecule has 2 aliphatic heterocycles. The molecule has 3 aliphatic rings. The van der Waals surface area contributed by atoms with Crippen molar-refractivity contribution in [3.8, 4) is 0 Å². The van der Waals surface area contributed by atoms with E-state index in [2.05, 4.69) is 11.8 Å². The van der Waals surface area contributed by atoms with Crippen LogP contribution in [0.1, 0.15) is 19.8 Å². The van der Waals surface area contributed by atoms with Gasteiger partial charge in [-0.3, -0.25) is 4.90 Å². The molecule has 0 N–H and O–H groups in total. The summed E-state index contributed by atoms with van der Waals surface area (Å²) in [7, 11) is 0. The fourth-order valence-corrected chi connectivity index (χ4v) is 2.77. The van der Waals surface area contributed by atoms with E-state index in [1.54, 1.807) is 6.42 Å². The average molecular weight is 123 g/mol. The van der Waals surface area contributed by atoms with Gasteiger partial charge in [0.2, 0.25) is 0 Å². The number of piperidine rings is 1. The van der Waals surface area contributed by atoms with E-state index in [9.17, 15) is 0 Å². The molecule has 0 aromatic heterocycles. The molecule has 0 radical (unpaired) electrons. The second kappa shape index (κ2) is 1.20. The molecule has 0 aromatic rings. The molecule has 0 aromatic carbocycles. The van der Waals surface area contributed by atoms with Crippen molar-refractivity contribution in [3.63, 3.8) is 0 Å². The van der Waals surface area contributed by atoms with Gasteiger partial charge in [0, 0.05) is 18.6 Å². The number of fused-ring (bicyclic) bond motifs is 3. The van der Waals surface area contributed by atoms with Gasteiger partial charge in [0.05, 0.1) is 0 Å². The summed E-state index contributed by atoms with van der Waals surface area (Å²) < 4.78 is 0. The summed E-state index contributed by atoms with van der Waals surface area (Å²) in [5.41, 5.74) is 0. The Kier molecular flexibility index (Phi) is 0.628. The third kappa shape index (κ3) is 0.420. The van der Waals surface area contributed by atoms with Gasteiger partial charge < -0.3 is 0 Å². The lowest BCUT2D eigenvalue weighted by Crippen LogP contribution is -2.52. The molecular formula is C8H13N. The SMILES string of the molecule is CC1CC2C3CC3CN12. The summed E-state index contributed by atoms with van der Waals surface area (Å²) in [5, 5.41) is 0. The zero-order valence-corrected chi connectivity index (χ0v) is 5.88. The van der Waals surface area contributed by atoms with Crippen LogP contribution in [0.5, 0.6) is 0 Å². The quantitative estimate of drug-likeness (QED) is 0.466. The predicted molar refractivity (Wildman–Crippen MR) is 36.2 cm³/mol. The Morgan fingerprint density at radius 1 is 1.33 bits per heavy atom. The molecule has 1 nitrogen and oxygen atoms in total. The van der Waals surface area contributed by atoms with Crippen LogP contribution in [-0.4, -0.2) is 23.5 Å². The maximum Gasteiger partial charge on any atom is 0.0144 e. The second-order valence-electron chi connectivity index (χ2n) is 4.01. The van der Waals surface area contributed by atoms with Gasteiger partial charge >= 0.3 is 0 Å². The van der Waals surface area contributed by atoms with Crippen LogP contribution >= 0.6 is 0 Å². The molecule has 2 saturated heterocycles. The highest BCUT2D eigenvalue weighted by Crippen LogP contribution is 2.55. The predicted octanol–water partition coefficient (Wildman–Crippen LogP) is 1.10. The number of hydrogen-bond acceptors (Lipinski definition) is 1. The third-order valence-corrected chi connectivity index (χ3v) is 3.49. The maximum atomic E-state index is 2.69. The van der Waals surface area contributed by atoms with E-state index in [0.29, 0.717) is 0 Å². The van der Waals surface area contributed by atoms with Crippen molar-refractivity contribution < 1.29 is 0 Å². The minimum Gasteiger partial charge on any atom is -0.297 e. The lowest BCUT2D eigenvalue weighted by molar-refractivity contribution is 0.0444. The van der Waals surface area contributed by atoms with E-state index in [1.807, 2.05) is 0 Å². The Balaban J connectivity index is 1.85. The first-order valence-electron chi connectivity index (χ1n) is 4.12. The summed E-state index contributed by atoms with van der Waals surface area (Å²) in [6, 6.07) is 1.98. The Morgan fingerprint density at radius 3 is 2.78 bits per heavy atom. The molecule has 4 unspecified atom stereocenters. The van der Waals surface area contributed by atoms with E-state index >= 15 is 0 Å². The Bertz CT molecular complexity index is 155. The van der Waals surface area contributed by atoms with Crippen molar-refractivity contribution in [2.24, 2.45) is 11.8 Å². The Labute approximate surface area is 56.0 Å². The van der Waals surface area contributed by atoms with Crippen molar-refractivity contribution in [1.82, 2.24) is 4.90 Å². The van der Waals surface area contributed by atoms with E-state index in [4.69, 9.17) is 0 Å². The molecule has 2 heterocycles. The van der Waals surface area contributed by atoms with E-state index < -0.39 is 0 Å². The van der Waals surface area contributed by atoms with E-state index in [0.717, 1.165) is 23.9 Å². The molecule has 0 spiro atoms. The number of nitrogens with zero attached hydrogens (tertiary/aromatic N) is 1. The standard InChI is InChI=1S/C8H13N/c1-5-2-8-7-3-6(7)4-9(5)8/h5-8H,2-4H2,1H3. The van der Waals surface area contributed by atoms with Gasteiger partial charge in [0.25, 0.3) is 0 Å². The van der Waals surface area contributed by atoms with Crippen molar-refractivity contribution >= 4 is 0 Å². The topological polar surface area (TPSA) is 3.24 Å². The lowest BCUT2D eigenvalue weighted by atomic mass is 9.93. The first-order chi connectivity index (χ1) is 4.36. The van der Waals surface area contributed by atoms with Gasteiger partial charge in [-0.25, -0.2) is 0 Å². The molecule has 0 bridgehead atoms. The summed E-state index contributed by atoms with van der Waals surface area (Å²) in [6.07, 6.45) is 3.06. The van der Waals surface area contributed by atoms with Gasteiger partial charge in [-0.2, -0.15) is 0 Å². The molecule has 50 valence electrons. The zero-order chi connectivity index (χ0) is 6.01. The summed E-state index contributed by atoms with van der Waals surface area (Å²) >= 11 is 0. The van der Waals surface area contributed by atoms with Crippen LogP contribution in [0.15, 0.2) is 0 Å². The monoisotopic (exact) mass is 123 g/mol. The Morgan fingerprint density at radius 2 is 2.22 bits per heavy atom. The molecule has 1 heteroatoms. The number of rotatable bonds is 0. The van der Waals surface area contributed by atoms with Gasteiger partial charge in [-0.15, -0.1) is 0 Å². The summed E-state index contributed by atoms with van der Waals surface area (Å²) in [6.45, 7) is 3.80. The lowest BCUT2D eigenvalue weighted by Gasteiger charge is -2.44. The summed E-state index contributed by atoms with van der Waals surface area (Å²) in [4.78, 5) is 2.69. The smallest absolute Gasteiger partial charge is 0.0144 e. The highest BCUT2D eigenvalue weighted by molar-refractivity contribution is 5.11. The molecule has 3 fully saturated rings. The van der Waals surface area contributed by atoms with Crippen LogP contribution < -0.4 is 0 Å². The zero-order valence-electron chi connectivity index (χ0n) is 5.88. The van der Waals surface area contributed by atoms with Gasteiger partial charge in [-0.1, -0.05) is 0 Å². The largest absolute Gasteiger partial charge is 0.297 e. The molecule has 0 amide bonds. The van der Waals surface area contributed by atoms with Crippen molar-refractivity contribution in [2.75, 3.05) is 6.54 Å². The van der Waals surface area contributed by atoms with Crippen molar-refractivity contribution in [1.29, 1.82) is 0 Å². The highest BCUT2D eigenvalue weighted by Gasteiger charge is 2.57. The van der Waals surface area contributed by atoms with Gasteiger partial charge in [0.15, 0.2) is 0 Å². The van der Waals surface area contributed by atoms with Crippen molar-refractivity contribution in [3.05, 3.63) is 0 Å². The van der Waals surface area contributed by atoms with Crippen LogP contribution in [-0.2, 0) is 0 Å². The fourth-order valence-electron chi connectivity index (χ4n) is 2.77. The third-order valence-electron chi connectivity index (χ3n) is 3.49. The molecule has 3 rings (SSSR count). The second-order valence-corrected chi connectivity index (χ2v) is 4.01. The van der Waals surface area contributed by atoms with Crippen LogP contribution in [0.2, 0.25) is 0 Å². The van der Waals surface area contributed by atoms with Crippen molar-refractivity contribution in [2.45, 2.75) is 31.8 Å². The number of hydrogen-bond donors (Lipinski definition) is 0. The van der Waals surface area contributed by atoms with Crippen LogP contribution in [0.4, 0.5) is 0 Å². The van der Waals surface area contributed by atoms with Crippen LogP contribution in [0.25, 0.3) is 0 Å². The first-order valence-corrected chi connectivity index (χ1v) is 4.12. The molecule has 4 atom stereocenters. The van der Waals surface area contributed by atoms with Crippen LogP contribution in [0.3, 0.4) is 0 Å². The van der Waals surface area contributed by atoms with Gasteiger partial charge in [0.1, 0.15) is 0 Å². The average Bonchev–Trinajstić information content (AvgIpc) is 2.52. The normalized spacial score (nSPS) is 62.3. The van der Waals surface area contributed by atoms with E-state index in [-0.39, 0.29) is 0 Å². The maximum absolute atomic E-state index is 2.69. The first kappa shape index (κ1) is 4.73. The Hall–Kier alpha value is -0.0400. The molecule has 1 saturated carbocycles. The molecular weight excluding hydrogens is 110 g/mol. The minimum absolute atomic E-state index is 0.933. The molecule has 9 heavy (non-hydrogen) atoms. The minimum atomic E-state index is 0.933. The summed E-state index contributed by atoms with van der Waals surface area (Å²) in [5.74, 6) is 2.29.